The van der Waals surface area contributed by atoms with Gasteiger partial charge >= 0.3 is 0 Å². The molecule has 130 valence electrons. The number of aryl methyl sites for hydroxylation is 1. The third kappa shape index (κ3) is 3.78. The van der Waals surface area contributed by atoms with E-state index in [0.717, 1.165) is 49.3 Å². The smallest absolute Gasteiger partial charge is 0.255 e. The molecule has 1 fully saturated rings. The van der Waals surface area contributed by atoms with Gasteiger partial charge in [0, 0.05) is 44.2 Å². The fraction of sp³-hybridized carbons (Fsp3) is 0.722. The molecule has 1 aliphatic rings. The maximum absolute atomic E-state index is 12.9. The van der Waals surface area contributed by atoms with E-state index in [9.17, 15) is 4.79 Å². The fourth-order valence-electron chi connectivity index (χ4n) is 3.76. The lowest BCUT2D eigenvalue weighted by atomic mass is 9.87. The van der Waals surface area contributed by atoms with Crippen LogP contribution in [0, 0.1) is 19.8 Å². The first kappa shape index (κ1) is 18.0. The number of aromatic nitrogens is 1. The Bertz CT molecular complexity index is 551. The normalized spacial score (nSPS) is 22.0. The van der Waals surface area contributed by atoms with Crippen LogP contribution in [-0.2, 0) is 7.05 Å². The van der Waals surface area contributed by atoms with Crippen molar-refractivity contribution in [2.75, 3.05) is 33.8 Å². The average Bonchev–Trinajstić information content (AvgIpc) is 2.79. The number of carbonyl (C=O) groups is 1. The molecule has 2 atom stereocenters. The minimum atomic E-state index is 0.150. The molecule has 0 bridgehead atoms. The molecule has 1 aromatic heterocycles. The molecule has 0 saturated carbocycles. The Kier molecular flexibility index (Phi) is 5.87. The summed E-state index contributed by atoms with van der Waals surface area (Å²) in [7, 11) is 6.22. The molecule has 0 aliphatic carbocycles. The predicted octanol–water partition coefficient (Wildman–Crippen LogP) is 1.81. The molecule has 0 unspecified atom stereocenters. The van der Waals surface area contributed by atoms with Crippen molar-refractivity contribution in [3.05, 3.63) is 23.0 Å². The molecule has 0 aromatic carbocycles. The summed E-state index contributed by atoms with van der Waals surface area (Å²) in [5.41, 5.74) is 2.98. The second kappa shape index (κ2) is 7.49. The lowest BCUT2D eigenvalue weighted by Crippen LogP contribution is -2.50. The summed E-state index contributed by atoms with van der Waals surface area (Å²) in [4.78, 5) is 17.2. The number of piperidine rings is 1. The number of hydrogen-bond acceptors (Lipinski definition) is 3. The first-order chi connectivity index (χ1) is 10.9. The van der Waals surface area contributed by atoms with Crippen LogP contribution in [0.4, 0.5) is 0 Å². The molecule has 1 N–H and O–H groups in total. The number of aliphatic hydroxyl groups is 1. The number of likely N-dealkylation sites (tertiary alicyclic amines) is 1. The fourth-order valence-corrected chi connectivity index (χ4v) is 3.76. The molecule has 2 rings (SSSR count). The third-order valence-electron chi connectivity index (χ3n) is 5.38. The van der Waals surface area contributed by atoms with E-state index in [1.54, 1.807) is 0 Å². The molecule has 1 amide bonds. The maximum Gasteiger partial charge on any atom is 0.255 e. The van der Waals surface area contributed by atoms with Crippen LogP contribution in [0.2, 0.25) is 0 Å². The van der Waals surface area contributed by atoms with Gasteiger partial charge in [0.2, 0.25) is 0 Å². The zero-order valence-electron chi connectivity index (χ0n) is 15.2. The first-order valence-corrected chi connectivity index (χ1v) is 8.56. The maximum atomic E-state index is 12.9. The standard InChI is InChI=1S/C18H31N3O2/c1-13-11-16(14(2)20(13)5)18(23)21-9-8-17(19(3)4)15(12-21)7-6-10-22/h11,15,17,22H,6-10,12H2,1-5H3/t15-,17+/m1/s1. The molecular formula is C18H31N3O2. The lowest BCUT2D eigenvalue weighted by Gasteiger charge is -2.41. The topological polar surface area (TPSA) is 48.7 Å². The molecule has 0 spiro atoms. The van der Waals surface area contributed by atoms with Gasteiger partial charge in [-0.15, -0.1) is 0 Å². The summed E-state index contributed by atoms with van der Waals surface area (Å²) in [6, 6.07) is 2.49. The van der Waals surface area contributed by atoms with Gasteiger partial charge in [0.25, 0.3) is 5.91 Å². The largest absolute Gasteiger partial charge is 0.396 e. The van der Waals surface area contributed by atoms with Gasteiger partial charge in [0.1, 0.15) is 0 Å². The highest BCUT2D eigenvalue weighted by Crippen LogP contribution is 2.27. The molecule has 1 aromatic rings. The van der Waals surface area contributed by atoms with Gasteiger partial charge in [0.05, 0.1) is 5.56 Å². The molecule has 5 nitrogen and oxygen atoms in total. The first-order valence-electron chi connectivity index (χ1n) is 8.56. The van der Waals surface area contributed by atoms with Gasteiger partial charge in [-0.05, 0) is 59.2 Å². The summed E-state index contributed by atoms with van der Waals surface area (Å²) >= 11 is 0. The van der Waals surface area contributed by atoms with Crippen molar-refractivity contribution in [3.63, 3.8) is 0 Å². The van der Waals surface area contributed by atoms with E-state index in [0.29, 0.717) is 12.0 Å². The van der Waals surface area contributed by atoms with Crippen molar-refractivity contribution < 1.29 is 9.90 Å². The molecule has 0 radical (unpaired) electrons. The zero-order chi connectivity index (χ0) is 17.1. The van der Waals surface area contributed by atoms with Crippen molar-refractivity contribution in [2.24, 2.45) is 13.0 Å². The second-order valence-corrected chi connectivity index (χ2v) is 7.04. The van der Waals surface area contributed by atoms with Crippen LogP contribution in [0.15, 0.2) is 6.07 Å². The molecule has 1 aliphatic heterocycles. The summed E-state index contributed by atoms with van der Waals surface area (Å²) in [6.07, 6.45) is 2.77. The van der Waals surface area contributed by atoms with E-state index >= 15 is 0 Å². The summed E-state index contributed by atoms with van der Waals surface area (Å²) in [5.74, 6) is 0.581. The Hall–Kier alpha value is -1.33. The summed E-state index contributed by atoms with van der Waals surface area (Å²) < 4.78 is 2.07. The van der Waals surface area contributed by atoms with Crippen LogP contribution in [0.25, 0.3) is 0 Å². The zero-order valence-corrected chi connectivity index (χ0v) is 15.2. The number of aliphatic hydroxyl groups excluding tert-OH is 1. The molecule has 2 heterocycles. The molecule has 5 heteroatoms. The number of rotatable bonds is 5. The van der Waals surface area contributed by atoms with E-state index in [1.807, 2.05) is 31.9 Å². The number of hydrogen-bond donors (Lipinski definition) is 1. The quantitative estimate of drug-likeness (QED) is 0.900. The Morgan fingerprint density at radius 3 is 2.61 bits per heavy atom. The number of amides is 1. The SMILES string of the molecule is Cc1cc(C(=O)N2CC[C@H](N(C)C)[C@H](CCCO)C2)c(C)n1C. The van der Waals surface area contributed by atoms with E-state index < -0.39 is 0 Å². The van der Waals surface area contributed by atoms with Gasteiger partial charge in [-0.2, -0.15) is 0 Å². The lowest BCUT2D eigenvalue weighted by molar-refractivity contribution is 0.0495. The van der Waals surface area contributed by atoms with Crippen LogP contribution in [-0.4, -0.2) is 65.2 Å². The van der Waals surface area contributed by atoms with E-state index in [1.165, 1.54) is 0 Å². The van der Waals surface area contributed by atoms with Crippen LogP contribution >= 0.6 is 0 Å². The Morgan fingerprint density at radius 1 is 1.39 bits per heavy atom. The Balaban J connectivity index is 2.14. The van der Waals surface area contributed by atoms with Crippen LogP contribution < -0.4 is 0 Å². The third-order valence-corrected chi connectivity index (χ3v) is 5.38. The number of carbonyl (C=O) groups excluding carboxylic acids is 1. The minimum absolute atomic E-state index is 0.150. The van der Waals surface area contributed by atoms with Gasteiger partial charge in [-0.1, -0.05) is 0 Å². The molecule has 23 heavy (non-hydrogen) atoms. The van der Waals surface area contributed by atoms with Gasteiger partial charge < -0.3 is 19.5 Å². The Labute approximate surface area is 139 Å². The second-order valence-electron chi connectivity index (χ2n) is 7.04. The van der Waals surface area contributed by atoms with Crippen molar-refractivity contribution in [1.29, 1.82) is 0 Å². The highest BCUT2D eigenvalue weighted by atomic mass is 16.3. The predicted molar refractivity (Wildman–Crippen MR) is 92.7 cm³/mol. The highest BCUT2D eigenvalue weighted by Gasteiger charge is 2.33. The Morgan fingerprint density at radius 2 is 2.09 bits per heavy atom. The van der Waals surface area contributed by atoms with Crippen molar-refractivity contribution in [1.82, 2.24) is 14.4 Å². The van der Waals surface area contributed by atoms with Crippen molar-refractivity contribution in [3.8, 4) is 0 Å². The van der Waals surface area contributed by atoms with E-state index in [-0.39, 0.29) is 12.5 Å². The summed E-state index contributed by atoms with van der Waals surface area (Å²) in [5, 5.41) is 9.15. The highest BCUT2D eigenvalue weighted by molar-refractivity contribution is 5.95. The van der Waals surface area contributed by atoms with Gasteiger partial charge in [0.15, 0.2) is 0 Å². The van der Waals surface area contributed by atoms with E-state index in [4.69, 9.17) is 5.11 Å². The summed E-state index contributed by atoms with van der Waals surface area (Å²) in [6.45, 7) is 5.86. The average molecular weight is 321 g/mol. The van der Waals surface area contributed by atoms with Crippen LogP contribution in [0.1, 0.15) is 41.0 Å². The van der Waals surface area contributed by atoms with Gasteiger partial charge in [-0.25, -0.2) is 0 Å². The monoisotopic (exact) mass is 321 g/mol. The van der Waals surface area contributed by atoms with E-state index in [2.05, 4.69) is 23.6 Å². The molecular weight excluding hydrogens is 290 g/mol. The minimum Gasteiger partial charge on any atom is -0.396 e. The number of nitrogens with zero attached hydrogens (tertiary/aromatic N) is 3. The van der Waals surface area contributed by atoms with Crippen molar-refractivity contribution >= 4 is 5.91 Å². The molecule has 1 saturated heterocycles. The van der Waals surface area contributed by atoms with Gasteiger partial charge in [-0.3, -0.25) is 4.79 Å². The van der Waals surface area contributed by atoms with Crippen LogP contribution in [0.3, 0.4) is 0 Å². The van der Waals surface area contributed by atoms with Crippen molar-refractivity contribution in [2.45, 2.75) is 39.2 Å². The van der Waals surface area contributed by atoms with Crippen LogP contribution in [0.5, 0.6) is 0 Å².